The maximum Gasteiger partial charge on any atom is 0.0605 e. The van der Waals surface area contributed by atoms with Crippen LogP contribution in [0, 0.1) is 23.7 Å². The third-order valence-corrected chi connectivity index (χ3v) is 6.33. The number of hydrogen-bond donors (Lipinski definition) is 1. The van der Waals surface area contributed by atoms with E-state index in [4.69, 9.17) is 0 Å². The van der Waals surface area contributed by atoms with Crippen molar-refractivity contribution >= 4 is 0 Å². The van der Waals surface area contributed by atoms with Gasteiger partial charge in [0.15, 0.2) is 0 Å². The van der Waals surface area contributed by atoms with Gasteiger partial charge in [0.05, 0.1) is 6.10 Å². The highest BCUT2D eigenvalue weighted by Gasteiger charge is 2.57. The van der Waals surface area contributed by atoms with Crippen molar-refractivity contribution in [2.24, 2.45) is 23.7 Å². The van der Waals surface area contributed by atoms with E-state index in [1.165, 1.54) is 38.5 Å². The lowest BCUT2D eigenvalue weighted by Crippen LogP contribution is -2.27. The Balaban J connectivity index is 1.49. The molecule has 1 N–H and O–H groups in total. The topological polar surface area (TPSA) is 20.2 Å². The van der Waals surface area contributed by atoms with Crippen LogP contribution in [-0.2, 0) is 6.42 Å². The Hall–Kier alpha value is -0.820. The van der Waals surface area contributed by atoms with Crippen LogP contribution in [0.4, 0.5) is 0 Å². The van der Waals surface area contributed by atoms with Crippen molar-refractivity contribution in [1.29, 1.82) is 0 Å². The highest BCUT2D eigenvalue weighted by atomic mass is 16.3. The monoisotopic (exact) mass is 270 g/mol. The van der Waals surface area contributed by atoms with Gasteiger partial charge >= 0.3 is 0 Å². The molecule has 108 valence electrons. The van der Waals surface area contributed by atoms with E-state index < -0.39 is 0 Å². The van der Waals surface area contributed by atoms with Crippen LogP contribution in [0.1, 0.15) is 56.1 Å². The molecule has 3 aliphatic rings. The van der Waals surface area contributed by atoms with Gasteiger partial charge in [-0.2, -0.15) is 0 Å². The van der Waals surface area contributed by atoms with Gasteiger partial charge in [-0.3, -0.25) is 0 Å². The summed E-state index contributed by atoms with van der Waals surface area (Å²) >= 11 is 0. The summed E-state index contributed by atoms with van der Waals surface area (Å²) < 4.78 is 0. The second-order valence-corrected chi connectivity index (χ2v) is 7.52. The smallest absolute Gasteiger partial charge is 0.0605 e. The van der Waals surface area contributed by atoms with Crippen LogP contribution in [0.2, 0.25) is 0 Å². The summed E-state index contributed by atoms with van der Waals surface area (Å²) in [7, 11) is 0. The highest BCUT2D eigenvalue weighted by Crippen LogP contribution is 2.62. The minimum Gasteiger partial charge on any atom is -0.393 e. The molecule has 0 saturated heterocycles. The molecule has 0 aromatic heterocycles. The molecular formula is C19H26O. The van der Waals surface area contributed by atoms with Gasteiger partial charge < -0.3 is 5.11 Å². The normalized spacial score (nSPS) is 40.6. The van der Waals surface area contributed by atoms with Gasteiger partial charge in [-0.05, 0) is 66.4 Å². The number of aliphatic hydroxyl groups excluding tert-OH is 1. The molecule has 0 radical (unpaired) electrons. The van der Waals surface area contributed by atoms with Crippen molar-refractivity contribution in [3.8, 4) is 0 Å². The van der Waals surface area contributed by atoms with Crippen molar-refractivity contribution < 1.29 is 5.11 Å². The number of benzene rings is 1. The van der Waals surface area contributed by atoms with Gasteiger partial charge in [0.25, 0.3) is 0 Å². The SMILES string of the molecule is CC1CCC(C(O)C2C3CCc4ccccc4C32)CC1. The van der Waals surface area contributed by atoms with Gasteiger partial charge in [-0.15, -0.1) is 0 Å². The van der Waals surface area contributed by atoms with Crippen molar-refractivity contribution in [2.75, 3.05) is 0 Å². The summed E-state index contributed by atoms with van der Waals surface area (Å²) in [6, 6.07) is 8.93. The molecule has 2 fully saturated rings. The predicted molar refractivity (Wildman–Crippen MR) is 81.6 cm³/mol. The summed E-state index contributed by atoms with van der Waals surface area (Å²) in [4.78, 5) is 0. The van der Waals surface area contributed by atoms with Gasteiger partial charge in [0.1, 0.15) is 0 Å². The predicted octanol–water partition coefficient (Wildman–Crippen LogP) is 4.15. The largest absolute Gasteiger partial charge is 0.393 e. The van der Waals surface area contributed by atoms with Crippen LogP contribution < -0.4 is 0 Å². The van der Waals surface area contributed by atoms with Crippen LogP contribution >= 0.6 is 0 Å². The molecule has 3 aliphatic carbocycles. The van der Waals surface area contributed by atoms with Crippen molar-refractivity contribution in [3.05, 3.63) is 35.4 Å². The molecular weight excluding hydrogens is 244 g/mol. The summed E-state index contributed by atoms with van der Waals surface area (Å²) in [5.74, 6) is 3.47. The first-order valence-corrected chi connectivity index (χ1v) is 8.51. The third-order valence-electron chi connectivity index (χ3n) is 6.33. The first-order valence-electron chi connectivity index (χ1n) is 8.51. The number of hydrogen-bond acceptors (Lipinski definition) is 1. The van der Waals surface area contributed by atoms with Crippen LogP contribution in [0.25, 0.3) is 0 Å². The minimum atomic E-state index is -0.0383. The fourth-order valence-electron chi connectivity index (χ4n) is 5.03. The Morgan fingerprint density at radius 1 is 1.05 bits per heavy atom. The summed E-state index contributed by atoms with van der Waals surface area (Å²) in [6.45, 7) is 2.36. The van der Waals surface area contributed by atoms with Gasteiger partial charge in [-0.25, -0.2) is 0 Å². The van der Waals surface area contributed by atoms with Gasteiger partial charge in [0.2, 0.25) is 0 Å². The zero-order chi connectivity index (χ0) is 13.7. The average molecular weight is 270 g/mol. The first kappa shape index (κ1) is 12.9. The molecule has 0 bridgehead atoms. The fourth-order valence-corrected chi connectivity index (χ4v) is 5.03. The average Bonchev–Trinajstić information content (AvgIpc) is 3.22. The number of rotatable bonds is 2. The maximum atomic E-state index is 10.9. The standard InChI is InChI=1S/C19H26O/c1-12-6-8-14(9-7-12)19(20)18-16-11-10-13-4-2-3-5-15(13)17(16)18/h2-5,12,14,16-20H,6-11H2,1H3. The Morgan fingerprint density at radius 3 is 2.60 bits per heavy atom. The van der Waals surface area contributed by atoms with E-state index in [1.54, 1.807) is 11.1 Å². The Bertz CT molecular complexity index is 486. The number of fused-ring (bicyclic) bond motifs is 3. The third kappa shape index (κ3) is 2.02. The Morgan fingerprint density at radius 2 is 1.80 bits per heavy atom. The lowest BCUT2D eigenvalue weighted by Gasteiger charge is -2.30. The Kier molecular flexibility index (Phi) is 3.14. The summed E-state index contributed by atoms with van der Waals surface area (Å²) in [6.07, 6.45) is 7.62. The van der Waals surface area contributed by atoms with E-state index in [0.29, 0.717) is 17.8 Å². The maximum absolute atomic E-state index is 10.9. The van der Waals surface area contributed by atoms with Crippen LogP contribution in [0.3, 0.4) is 0 Å². The molecule has 1 aromatic rings. The van der Waals surface area contributed by atoms with E-state index >= 15 is 0 Å². The minimum absolute atomic E-state index is 0.0383. The molecule has 4 unspecified atom stereocenters. The fraction of sp³-hybridized carbons (Fsp3) is 0.684. The molecule has 1 nitrogen and oxygen atoms in total. The molecule has 2 saturated carbocycles. The molecule has 0 spiro atoms. The first-order chi connectivity index (χ1) is 9.75. The lowest BCUT2D eigenvalue weighted by molar-refractivity contribution is 0.0523. The van der Waals surface area contributed by atoms with E-state index in [2.05, 4.69) is 31.2 Å². The molecule has 0 aliphatic heterocycles. The molecule has 1 aromatic carbocycles. The molecule has 1 heteroatoms. The highest BCUT2D eigenvalue weighted by molar-refractivity contribution is 5.39. The quantitative estimate of drug-likeness (QED) is 0.856. The summed E-state index contributed by atoms with van der Waals surface area (Å²) in [5, 5.41) is 10.9. The second-order valence-electron chi connectivity index (χ2n) is 7.52. The van der Waals surface area contributed by atoms with Crippen molar-refractivity contribution in [1.82, 2.24) is 0 Å². The lowest BCUT2D eigenvalue weighted by atomic mass is 9.78. The molecule has 4 rings (SSSR count). The zero-order valence-corrected chi connectivity index (χ0v) is 12.5. The molecule has 4 atom stereocenters. The van der Waals surface area contributed by atoms with E-state index in [0.717, 1.165) is 11.8 Å². The van der Waals surface area contributed by atoms with Gasteiger partial charge in [-0.1, -0.05) is 44.0 Å². The molecule has 0 amide bonds. The molecule has 0 heterocycles. The van der Waals surface area contributed by atoms with Crippen molar-refractivity contribution in [3.63, 3.8) is 0 Å². The van der Waals surface area contributed by atoms with Gasteiger partial charge in [0, 0.05) is 0 Å². The van der Waals surface area contributed by atoms with Crippen LogP contribution in [0.5, 0.6) is 0 Å². The van der Waals surface area contributed by atoms with E-state index in [-0.39, 0.29) is 6.10 Å². The summed E-state index contributed by atoms with van der Waals surface area (Å²) in [5.41, 5.74) is 3.10. The zero-order valence-electron chi connectivity index (χ0n) is 12.5. The second kappa shape index (κ2) is 4.87. The van der Waals surface area contributed by atoms with E-state index in [9.17, 15) is 5.11 Å². The Labute approximate surface area is 122 Å². The number of aryl methyl sites for hydroxylation is 1. The van der Waals surface area contributed by atoms with E-state index in [1.807, 2.05) is 0 Å². The number of aliphatic hydroxyl groups is 1. The van der Waals surface area contributed by atoms with Crippen molar-refractivity contribution in [2.45, 2.75) is 57.5 Å². The van der Waals surface area contributed by atoms with Crippen LogP contribution in [0.15, 0.2) is 24.3 Å². The molecule has 20 heavy (non-hydrogen) atoms. The van der Waals surface area contributed by atoms with Crippen LogP contribution in [-0.4, -0.2) is 11.2 Å².